The van der Waals surface area contributed by atoms with Crippen molar-refractivity contribution in [1.82, 2.24) is 4.98 Å². The second-order valence-corrected chi connectivity index (χ2v) is 6.37. The fourth-order valence-corrected chi connectivity index (χ4v) is 3.46. The van der Waals surface area contributed by atoms with E-state index in [1.165, 1.54) is 17.3 Å². The minimum Gasteiger partial charge on any atom is -0.293 e. The van der Waals surface area contributed by atoms with Crippen LogP contribution in [0.4, 0.5) is 0 Å². The lowest BCUT2D eigenvalue weighted by Crippen LogP contribution is -2.04. The van der Waals surface area contributed by atoms with Gasteiger partial charge in [-0.1, -0.05) is 35.5 Å². The molecule has 0 bridgehead atoms. The molecular formula is C14H15NOS2. The summed E-state index contributed by atoms with van der Waals surface area (Å²) in [4.78, 5) is 16.5. The van der Waals surface area contributed by atoms with Gasteiger partial charge in [0.15, 0.2) is 10.1 Å². The maximum absolute atomic E-state index is 12.1. The van der Waals surface area contributed by atoms with Crippen LogP contribution < -0.4 is 0 Å². The Morgan fingerprint density at radius 3 is 2.72 bits per heavy atom. The smallest absolute Gasteiger partial charge is 0.173 e. The Kier molecular flexibility index (Phi) is 4.19. The lowest BCUT2D eigenvalue weighted by atomic mass is 10.0. The molecule has 18 heavy (non-hydrogen) atoms. The van der Waals surface area contributed by atoms with Crippen LogP contribution in [0.15, 0.2) is 27.9 Å². The number of benzene rings is 1. The number of hydrogen-bond acceptors (Lipinski definition) is 4. The predicted octanol–water partition coefficient (Wildman–Crippen LogP) is 4.04. The zero-order chi connectivity index (χ0) is 13.1. The standard InChI is InChI=1S/C14H15NOS2/c1-9-4-5-12(10(2)6-9)13(16)8-18-14-15-11(3)7-17-14/h4-7H,8H2,1-3H3. The maximum Gasteiger partial charge on any atom is 0.173 e. The zero-order valence-corrected chi connectivity index (χ0v) is 12.3. The zero-order valence-electron chi connectivity index (χ0n) is 10.7. The molecule has 4 heteroatoms. The molecule has 2 nitrogen and oxygen atoms in total. The number of aryl methyl sites for hydroxylation is 3. The molecule has 1 aromatic carbocycles. The van der Waals surface area contributed by atoms with Crippen LogP contribution in [0, 0.1) is 20.8 Å². The Labute approximate surface area is 115 Å². The van der Waals surface area contributed by atoms with Crippen LogP contribution >= 0.6 is 23.1 Å². The molecule has 1 aromatic heterocycles. The van der Waals surface area contributed by atoms with Crippen molar-refractivity contribution >= 4 is 28.9 Å². The summed E-state index contributed by atoms with van der Waals surface area (Å²) in [6, 6.07) is 5.95. The Morgan fingerprint density at radius 2 is 2.11 bits per heavy atom. The van der Waals surface area contributed by atoms with Crippen molar-refractivity contribution in [3.8, 4) is 0 Å². The van der Waals surface area contributed by atoms with Crippen LogP contribution in [-0.2, 0) is 0 Å². The highest BCUT2D eigenvalue weighted by Gasteiger charge is 2.10. The highest BCUT2D eigenvalue weighted by molar-refractivity contribution is 8.01. The number of rotatable bonds is 4. The van der Waals surface area contributed by atoms with Gasteiger partial charge in [0, 0.05) is 16.6 Å². The van der Waals surface area contributed by atoms with Crippen molar-refractivity contribution in [3.63, 3.8) is 0 Å². The summed E-state index contributed by atoms with van der Waals surface area (Å²) < 4.78 is 0.964. The number of carbonyl (C=O) groups is 1. The first-order valence-electron chi connectivity index (χ1n) is 5.71. The minimum atomic E-state index is 0.172. The summed E-state index contributed by atoms with van der Waals surface area (Å²) in [5.74, 6) is 0.627. The van der Waals surface area contributed by atoms with Gasteiger partial charge in [0.2, 0.25) is 0 Å². The van der Waals surface area contributed by atoms with Crippen LogP contribution in [0.25, 0.3) is 0 Å². The molecule has 1 heterocycles. The first-order chi connectivity index (χ1) is 8.56. The van der Waals surface area contributed by atoms with Gasteiger partial charge in [-0.15, -0.1) is 11.3 Å². The number of ketones is 1. The van der Waals surface area contributed by atoms with E-state index in [9.17, 15) is 4.79 Å². The van der Waals surface area contributed by atoms with Crippen LogP contribution in [0.3, 0.4) is 0 Å². The van der Waals surface area contributed by atoms with Gasteiger partial charge in [-0.25, -0.2) is 4.98 Å². The molecule has 2 rings (SSSR count). The van der Waals surface area contributed by atoms with E-state index in [4.69, 9.17) is 0 Å². The minimum absolute atomic E-state index is 0.172. The lowest BCUT2D eigenvalue weighted by Gasteiger charge is -2.05. The SMILES string of the molecule is Cc1ccc(C(=O)CSc2nc(C)cs2)c(C)c1. The van der Waals surface area contributed by atoms with Gasteiger partial charge < -0.3 is 0 Å². The summed E-state index contributed by atoms with van der Waals surface area (Å²) in [5.41, 5.74) is 4.08. The molecule has 0 amide bonds. The van der Waals surface area contributed by atoms with Crippen molar-refractivity contribution in [2.45, 2.75) is 25.1 Å². The number of aromatic nitrogens is 1. The van der Waals surface area contributed by atoms with Crippen molar-refractivity contribution in [1.29, 1.82) is 0 Å². The summed E-state index contributed by atoms with van der Waals surface area (Å²) in [7, 11) is 0. The molecule has 0 aliphatic carbocycles. The van der Waals surface area contributed by atoms with Gasteiger partial charge in [0.1, 0.15) is 0 Å². The molecule has 0 N–H and O–H groups in total. The van der Waals surface area contributed by atoms with Gasteiger partial charge in [-0.2, -0.15) is 0 Å². The van der Waals surface area contributed by atoms with E-state index in [1.54, 1.807) is 11.3 Å². The van der Waals surface area contributed by atoms with Crippen molar-refractivity contribution in [2.75, 3.05) is 5.75 Å². The van der Waals surface area contributed by atoms with E-state index < -0.39 is 0 Å². The number of nitrogens with zero attached hydrogens (tertiary/aromatic N) is 1. The van der Waals surface area contributed by atoms with Crippen LogP contribution in [-0.4, -0.2) is 16.5 Å². The molecule has 0 aliphatic rings. The Hall–Kier alpha value is -1.13. The highest BCUT2D eigenvalue weighted by Crippen LogP contribution is 2.23. The molecule has 0 aliphatic heterocycles. The van der Waals surface area contributed by atoms with Crippen LogP contribution in [0.1, 0.15) is 27.2 Å². The molecule has 94 valence electrons. The lowest BCUT2D eigenvalue weighted by molar-refractivity contribution is 0.102. The second kappa shape index (κ2) is 5.67. The number of thiazole rings is 1. The van der Waals surface area contributed by atoms with Crippen LogP contribution in [0.2, 0.25) is 0 Å². The van der Waals surface area contributed by atoms with Gasteiger partial charge >= 0.3 is 0 Å². The summed E-state index contributed by atoms with van der Waals surface area (Å²) in [5, 5.41) is 2.00. The third-order valence-corrected chi connectivity index (χ3v) is 4.75. The average molecular weight is 277 g/mol. The monoisotopic (exact) mass is 277 g/mol. The molecule has 0 saturated heterocycles. The average Bonchev–Trinajstić information content (AvgIpc) is 2.72. The fraction of sp³-hybridized carbons (Fsp3) is 0.286. The van der Waals surface area contributed by atoms with Gasteiger partial charge in [-0.05, 0) is 26.3 Å². The molecule has 0 atom stereocenters. The summed E-state index contributed by atoms with van der Waals surface area (Å²) in [6.45, 7) is 5.99. The number of hydrogen-bond donors (Lipinski definition) is 0. The first-order valence-corrected chi connectivity index (χ1v) is 7.58. The van der Waals surface area contributed by atoms with E-state index in [0.29, 0.717) is 5.75 Å². The van der Waals surface area contributed by atoms with Gasteiger partial charge in [-0.3, -0.25) is 4.79 Å². The molecule has 0 saturated carbocycles. The van der Waals surface area contributed by atoms with E-state index in [2.05, 4.69) is 4.98 Å². The maximum atomic E-state index is 12.1. The number of carbonyl (C=O) groups excluding carboxylic acids is 1. The van der Waals surface area contributed by atoms with Crippen molar-refractivity contribution in [2.24, 2.45) is 0 Å². The predicted molar refractivity (Wildman–Crippen MR) is 77.8 cm³/mol. The van der Waals surface area contributed by atoms with E-state index in [0.717, 1.165) is 21.2 Å². The fourth-order valence-electron chi connectivity index (χ4n) is 1.73. The summed E-state index contributed by atoms with van der Waals surface area (Å²) in [6.07, 6.45) is 0. The molecule has 0 spiro atoms. The Morgan fingerprint density at radius 1 is 1.33 bits per heavy atom. The summed E-state index contributed by atoms with van der Waals surface area (Å²) >= 11 is 3.11. The highest BCUT2D eigenvalue weighted by atomic mass is 32.2. The molecule has 0 radical (unpaired) electrons. The third-order valence-electron chi connectivity index (χ3n) is 2.61. The molecular weight excluding hydrogens is 262 g/mol. The Balaban J connectivity index is 2.03. The van der Waals surface area contributed by atoms with E-state index >= 15 is 0 Å². The van der Waals surface area contributed by atoms with Crippen LogP contribution in [0.5, 0.6) is 0 Å². The largest absolute Gasteiger partial charge is 0.293 e. The normalized spacial score (nSPS) is 10.6. The van der Waals surface area contributed by atoms with Gasteiger partial charge in [0.05, 0.1) is 5.75 Å². The molecule has 2 aromatic rings. The Bertz CT molecular complexity index is 575. The molecule has 0 fully saturated rings. The van der Waals surface area contributed by atoms with E-state index in [1.807, 2.05) is 44.4 Å². The number of thioether (sulfide) groups is 1. The first kappa shape index (κ1) is 13.3. The topological polar surface area (TPSA) is 30.0 Å². The van der Waals surface area contributed by atoms with Crippen molar-refractivity contribution in [3.05, 3.63) is 46.0 Å². The third kappa shape index (κ3) is 3.21. The molecule has 0 unspecified atom stereocenters. The van der Waals surface area contributed by atoms with E-state index in [-0.39, 0.29) is 5.78 Å². The van der Waals surface area contributed by atoms with Crippen molar-refractivity contribution < 1.29 is 4.79 Å². The second-order valence-electron chi connectivity index (χ2n) is 4.29. The van der Waals surface area contributed by atoms with Gasteiger partial charge in [0.25, 0.3) is 0 Å². The number of Topliss-reactive ketones (excluding diaryl/α,β-unsaturated/α-hetero) is 1. The quantitative estimate of drug-likeness (QED) is 0.624.